The Bertz CT molecular complexity index is 459. The summed E-state index contributed by atoms with van der Waals surface area (Å²) < 4.78 is 33.6. The molecule has 0 spiro atoms. The third kappa shape index (κ3) is 76.2. The highest BCUT2D eigenvalue weighted by atomic mass is 32.1. The van der Waals surface area contributed by atoms with Crippen molar-refractivity contribution >= 4 is 23.1 Å². The van der Waals surface area contributed by atoms with Crippen molar-refractivity contribution in [3.8, 4) is 0 Å². The average molecular weight is 373 g/mol. The lowest BCUT2D eigenvalue weighted by molar-refractivity contribution is 0.628. The van der Waals surface area contributed by atoms with Gasteiger partial charge in [-0.3, -0.25) is 4.91 Å². The second-order valence-electron chi connectivity index (χ2n) is 2.67. The molecule has 0 fully saturated rings. The lowest BCUT2D eigenvalue weighted by atomic mass is 10.4. The normalized spacial score (nSPS) is 6.00. The van der Waals surface area contributed by atoms with Gasteiger partial charge in [-0.1, -0.05) is 72.8 Å². The number of rotatable bonds is 0. The summed E-state index contributed by atoms with van der Waals surface area (Å²) >= 11 is -2.83. The van der Waals surface area contributed by atoms with Crippen LogP contribution in [-0.4, -0.2) is 16.8 Å². The van der Waals surface area contributed by atoms with Crippen LogP contribution in [0.25, 0.3) is 26.4 Å². The van der Waals surface area contributed by atoms with E-state index in [0.29, 0.717) is 0 Å². The summed E-state index contributed by atoms with van der Waals surface area (Å²) in [5, 5.41) is 0. The summed E-state index contributed by atoms with van der Waals surface area (Å²) in [7, 11) is 0. The highest BCUT2D eigenvalue weighted by Gasteiger charge is 1.58. The van der Waals surface area contributed by atoms with E-state index in [1.54, 1.807) is 4.91 Å². The van der Waals surface area contributed by atoms with Gasteiger partial charge in [0, 0.05) is 0 Å². The Kier molecular flexibility index (Phi) is 51.7. The van der Waals surface area contributed by atoms with Crippen LogP contribution in [0.4, 0.5) is 0 Å². The van der Waals surface area contributed by atoms with Crippen molar-refractivity contribution in [2.24, 2.45) is 0 Å². The first kappa shape index (κ1) is 29.0. The van der Waals surface area contributed by atoms with Crippen molar-refractivity contribution in [2.75, 3.05) is 0 Å². The quantitative estimate of drug-likeness (QED) is 0.422. The molecule has 0 aliphatic carbocycles. The van der Waals surface area contributed by atoms with Crippen LogP contribution in [0, 0.1) is 5.53 Å². The van der Waals surface area contributed by atoms with Crippen molar-refractivity contribution in [1.82, 2.24) is 0 Å². The molecule has 0 unspecified atom stereocenters. The van der Waals surface area contributed by atoms with Crippen molar-refractivity contribution in [2.45, 2.75) is 0 Å². The number of hydrogen-bond acceptors (Lipinski definition) is 5. The van der Waals surface area contributed by atoms with Gasteiger partial charge in [0.2, 0.25) is 0 Å². The maximum atomic E-state index is 8.40. The minimum absolute atomic E-state index is 1.42. The molecule has 0 heterocycles. The standard InChI is InChI=1S/2C6H6.HN3.N3.2H2O2S/c2*1-2-4-6-5-3-1;4*1-3-2/h2*1-6H;1H;;2*3H2/q;;;-1;;. The fourth-order valence-electron chi connectivity index (χ4n) is 0.770. The summed E-state index contributed by atoms with van der Waals surface area (Å²) in [4.78, 5) is 3.25. The van der Waals surface area contributed by atoms with Gasteiger partial charge in [0.1, 0.15) is 23.1 Å². The molecular formula is C12H17N6O4S2-. The number of benzene rings is 2. The number of nitrogens with one attached hydrogen (secondary N) is 1. The van der Waals surface area contributed by atoms with E-state index in [2.05, 4.69) is 0 Å². The van der Waals surface area contributed by atoms with Crippen molar-refractivity contribution < 1.29 is 16.8 Å². The summed E-state index contributed by atoms with van der Waals surface area (Å²) in [6.07, 6.45) is 0. The van der Waals surface area contributed by atoms with E-state index in [0.717, 1.165) is 0 Å². The van der Waals surface area contributed by atoms with E-state index in [4.69, 9.17) is 39.0 Å². The van der Waals surface area contributed by atoms with E-state index in [-0.39, 0.29) is 0 Å². The summed E-state index contributed by atoms with van der Waals surface area (Å²) in [5.74, 6) is 0. The highest BCUT2D eigenvalue weighted by molar-refractivity contribution is 7.51. The summed E-state index contributed by atoms with van der Waals surface area (Å²) in [6, 6.07) is 24.0. The molecule has 12 heteroatoms. The van der Waals surface area contributed by atoms with Gasteiger partial charge in [0.05, 0.1) is 0 Å². The second kappa shape index (κ2) is 42.7. The Morgan fingerprint density at radius 3 is 0.625 bits per heavy atom. The molecule has 0 atom stereocenters. The molecule has 0 radical (unpaired) electrons. The molecule has 0 amide bonds. The smallest absolute Gasteiger partial charge is 0.129 e. The molecule has 2 aromatic carbocycles. The molecular weight excluding hydrogens is 356 g/mol. The van der Waals surface area contributed by atoms with Gasteiger partial charge < -0.3 is 11.1 Å². The lowest BCUT2D eigenvalue weighted by Crippen LogP contribution is -1.47. The largest absolute Gasteiger partial charge is 0.373 e. The van der Waals surface area contributed by atoms with Crippen LogP contribution in [0.5, 0.6) is 0 Å². The van der Waals surface area contributed by atoms with Gasteiger partial charge >= 0.3 is 0 Å². The molecule has 10 nitrogen and oxygen atoms in total. The maximum absolute atomic E-state index is 8.40. The Labute approximate surface area is 145 Å². The molecule has 24 heavy (non-hydrogen) atoms. The van der Waals surface area contributed by atoms with Crippen molar-refractivity contribution in [3.05, 3.63) is 99.2 Å². The summed E-state index contributed by atoms with van der Waals surface area (Å²) in [5.41, 5.74) is 25.8. The van der Waals surface area contributed by atoms with Gasteiger partial charge in [0.15, 0.2) is 0 Å². The van der Waals surface area contributed by atoms with Crippen LogP contribution < -0.4 is 0 Å². The lowest BCUT2D eigenvalue weighted by Gasteiger charge is -1.69. The van der Waals surface area contributed by atoms with E-state index in [1.807, 2.05) is 72.8 Å². The second-order valence-corrected chi connectivity index (χ2v) is 3.00. The van der Waals surface area contributed by atoms with E-state index in [9.17, 15) is 0 Å². The monoisotopic (exact) mass is 373 g/mol. The molecule has 0 aromatic heterocycles. The highest BCUT2D eigenvalue weighted by Crippen LogP contribution is 1.80. The Hall–Kier alpha value is -3.04. The predicted molar refractivity (Wildman–Crippen MR) is 95.8 cm³/mol. The molecule has 0 aliphatic heterocycles. The van der Waals surface area contributed by atoms with Crippen LogP contribution in [0.1, 0.15) is 0 Å². The fourth-order valence-corrected chi connectivity index (χ4v) is 0.770. The zero-order valence-electron chi connectivity index (χ0n) is 12.3. The SMILES string of the molecule is O=[SH2]=O.O=[SH2]=O.[N-]=[N+]=N.[N-]=[N+]=[N-].c1ccccc1.c1ccccc1. The van der Waals surface area contributed by atoms with Crippen LogP contribution >= 0.6 is 0 Å². The van der Waals surface area contributed by atoms with Crippen molar-refractivity contribution in [3.63, 3.8) is 0 Å². The maximum Gasteiger partial charge on any atom is 0.129 e. The molecule has 132 valence electrons. The minimum Gasteiger partial charge on any atom is -0.373 e. The zero-order valence-corrected chi connectivity index (χ0v) is 14.3. The van der Waals surface area contributed by atoms with Gasteiger partial charge in [-0.15, -0.1) is 5.53 Å². The molecule has 2 rings (SSSR count). The van der Waals surface area contributed by atoms with Gasteiger partial charge in [0.25, 0.3) is 0 Å². The van der Waals surface area contributed by atoms with E-state index < -0.39 is 23.1 Å². The first-order chi connectivity index (χ1) is 11.7. The minimum atomic E-state index is -1.42. The van der Waals surface area contributed by atoms with E-state index >= 15 is 0 Å². The molecule has 0 saturated heterocycles. The van der Waals surface area contributed by atoms with Crippen LogP contribution in [-0.2, 0) is 23.1 Å². The molecule has 0 bridgehead atoms. The first-order valence-electron chi connectivity index (χ1n) is 5.64. The third-order valence-corrected chi connectivity index (χ3v) is 1.33. The average Bonchev–Trinajstić information content (AvgIpc) is 2.61. The topological polar surface area (TPSA) is 187 Å². The van der Waals surface area contributed by atoms with Crippen LogP contribution in [0.3, 0.4) is 0 Å². The predicted octanol–water partition coefficient (Wildman–Crippen LogP) is 2.70. The Morgan fingerprint density at radius 1 is 0.542 bits per heavy atom. The number of hydrogen-bond donors (Lipinski definition) is 1. The van der Waals surface area contributed by atoms with Gasteiger partial charge in [-0.05, 0) is 10.4 Å². The zero-order chi connectivity index (χ0) is 19.3. The van der Waals surface area contributed by atoms with Gasteiger partial charge in [-0.25, -0.2) is 16.8 Å². The van der Waals surface area contributed by atoms with Crippen LogP contribution in [0.2, 0.25) is 0 Å². The Morgan fingerprint density at radius 2 is 0.583 bits per heavy atom. The number of nitrogens with zero attached hydrogens (tertiary/aromatic N) is 5. The Balaban J connectivity index is -0.000000105. The van der Waals surface area contributed by atoms with E-state index in [1.165, 1.54) is 4.91 Å². The molecule has 2 aromatic rings. The molecule has 1 N–H and O–H groups in total. The molecule has 0 saturated carbocycles. The fraction of sp³-hybridized carbons (Fsp3) is 0. The van der Waals surface area contributed by atoms with Crippen molar-refractivity contribution in [1.29, 1.82) is 5.53 Å². The van der Waals surface area contributed by atoms with Gasteiger partial charge in [-0.2, -0.15) is 0 Å². The first-order valence-corrected chi connectivity index (χ1v) is 7.27. The third-order valence-electron chi connectivity index (χ3n) is 1.33. The summed E-state index contributed by atoms with van der Waals surface area (Å²) in [6.45, 7) is 0. The van der Waals surface area contributed by atoms with Crippen LogP contribution in [0.15, 0.2) is 72.8 Å². The molecule has 0 aliphatic rings.